The Balaban J connectivity index is 1.96. The lowest BCUT2D eigenvalue weighted by molar-refractivity contribution is 0.604. The van der Waals surface area contributed by atoms with Gasteiger partial charge in [0.15, 0.2) is 0 Å². The minimum atomic E-state index is 0.476. The van der Waals surface area contributed by atoms with Crippen molar-refractivity contribution >= 4 is 16.9 Å². The Morgan fingerprint density at radius 1 is 1.35 bits per heavy atom. The van der Waals surface area contributed by atoms with Gasteiger partial charge in [-0.1, -0.05) is 18.2 Å². The molecule has 0 atom stereocenters. The van der Waals surface area contributed by atoms with E-state index in [1.54, 1.807) is 6.26 Å². The van der Waals surface area contributed by atoms with E-state index in [0.717, 1.165) is 53.4 Å². The van der Waals surface area contributed by atoms with Crippen LogP contribution in [-0.4, -0.2) is 16.1 Å². The lowest BCUT2D eigenvalue weighted by atomic mass is 10.1. The summed E-state index contributed by atoms with van der Waals surface area (Å²) in [4.78, 5) is 4.73. The number of nitrogens with zero attached hydrogens (tertiary/aromatic N) is 2. The van der Waals surface area contributed by atoms with Gasteiger partial charge in [0, 0.05) is 30.6 Å². The fraction of sp³-hybridized carbons (Fsp3) is 0.267. The van der Waals surface area contributed by atoms with Gasteiger partial charge in [0.1, 0.15) is 11.8 Å². The Morgan fingerprint density at radius 2 is 2.25 bits per heavy atom. The van der Waals surface area contributed by atoms with E-state index in [1.807, 2.05) is 18.2 Å². The second-order valence-corrected chi connectivity index (χ2v) is 5.01. The van der Waals surface area contributed by atoms with Crippen molar-refractivity contribution in [3.05, 3.63) is 36.2 Å². The van der Waals surface area contributed by atoms with Crippen molar-refractivity contribution < 1.29 is 4.42 Å². The van der Waals surface area contributed by atoms with Gasteiger partial charge in [0.2, 0.25) is 5.95 Å². The summed E-state index contributed by atoms with van der Waals surface area (Å²) in [6.07, 6.45) is 2.88. The van der Waals surface area contributed by atoms with Crippen LogP contribution in [0.5, 0.6) is 0 Å². The van der Waals surface area contributed by atoms with Gasteiger partial charge in [-0.25, -0.2) is 4.98 Å². The van der Waals surface area contributed by atoms with Gasteiger partial charge >= 0.3 is 0 Å². The zero-order valence-corrected chi connectivity index (χ0v) is 11.1. The van der Waals surface area contributed by atoms with Crippen LogP contribution in [-0.2, 0) is 13.1 Å². The van der Waals surface area contributed by atoms with Gasteiger partial charge < -0.3 is 20.0 Å². The molecule has 5 nitrogen and oxygen atoms in total. The standard InChI is InChI=1S/C15H16N4O/c16-8-12-14(18-15-17-6-3-7-19(12)15)11-9-20-13-5-2-1-4-10(11)13/h1-2,4-5,9H,3,6-8,16H2,(H,17,18). The summed E-state index contributed by atoms with van der Waals surface area (Å²) in [5, 5.41) is 4.41. The average molecular weight is 268 g/mol. The lowest BCUT2D eigenvalue weighted by Gasteiger charge is -2.17. The fourth-order valence-corrected chi connectivity index (χ4v) is 2.88. The second kappa shape index (κ2) is 4.38. The number of imidazole rings is 1. The number of aromatic nitrogens is 2. The van der Waals surface area contributed by atoms with E-state index in [4.69, 9.17) is 15.1 Å². The third-order valence-corrected chi connectivity index (χ3v) is 3.84. The van der Waals surface area contributed by atoms with Crippen LogP contribution in [0.2, 0.25) is 0 Å². The maximum absolute atomic E-state index is 5.95. The SMILES string of the molecule is NCc1c(-c2coc3ccccc23)nc2n1CCCN2. The summed E-state index contributed by atoms with van der Waals surface area (Å²) in [6, 6.07) is 8.01. The van der Waals surface area contributed by atoms with E-state index < -0.39 is 0 Å². The molecule has 3 aromatic rings. The van der Waals surface area contributed by atoms with E-state index in [1.165, 1.54) is 0 Å². The number of nitrogens with two attached hydrogens (primary N) is 1. The van der Waals surface area contributed by atoms with Crippen molar-refractivity contribution in [2.24, 2.45) is 5.73 Å². The van der Waals surface area contributed by atoms with Crippen molar-refractivity contribution in [2.45, 2.75) is 19.5 Å². The number of hydrogen-bond donors (Lipinski definition) is 2. The van der Waals surface area contributed by atoms with Gasteiger partial charge in [-0.15, -0.1) is 0 Å². The first-order valence-electron chi connectivity index (χ1n) is 6.88. The second-order valence-electron chi connectivity index (χ2n) is 5.01. The molecule has 2 aromatic heterocycles. The van der Waals surface area contributed by atoms with E-state index in [2.05, 4.69) is 16.0 Å². The third kappa shape index (κ3) is 1.56. The highest BCUT2D eigenvalue weighted by molar-refractivity contribution is 5.93. The number of para-hydroxylation sites is 1. The Bertz CT molecular complexity index is 771. The molecule has 3 N–H and O–H groups in total. The molecule has 0 saturated carbocycles. The molecule has 20 heavy (non-hydrogen) atoms. The van der Waals surface area contributed by atoms with Crippen LogP contribution in [0.1, 0.15) is 12.1 Å². The minimum absolute atomic E-state index is 0.476. The molecule has 0 unspecified atom stereocenters. The average Bonchev–Trinajstić information content (AvgIpc) is 3.07. The number of nitrogens with one attached hydrogen (secondary N) is 1. The summed E-state index contributed by atoms with van der Waals surface area (Å²) < 4.78 is 7.81. The Labute approximate surface area is 116 Å². The number of rotatable bonds is 2. The smallest absolute Gasteiger partial charge is 0.203 e. The number of benzene rings is 1. The van der Waals surface area contributed by atoms with E-state index in [0.29, 0.717) is 6.54 Å². The molecule has 1 aliphatic heterocycles. The molecule has 4 rings (SSSR count). The van der Waals surface area contributed by atoms with Crippen LogP contribution >= 0.6 is 0 Å². The van der Waals surface area contributed by atoms with Crippen molar-refractivity contribution in [3.63, 3.8) is 0 Å². The first-order chi connectivity index (χ1) is 9.88. The van der Waals surface area contributed by atoms with Crippen LogP contribution < -0.4 is 11.1 Å². The summed E-state index contributed by atoms with van der Waals surface area (Å²) >= 11 is 0. The van der Waals surface area contributed by atoms with Gasteiger partial charge in [0.25, 0.3) is 0 Å². The normalized spacial score (nSPS) is 14.2. The van der Waals surface area contributed by atoms with Crippen LogP contribution in [0, 0.1) is 0 Å². The molecule has 0 amide bonds. The fourth-order valence-electron chi connectivity index (χ4n) is 2.88. The van der Waals surface area contributed by atoms with Crippen molar-refractivity contribution in [1.82, 2.24) is 9.55 Å². The van der Waals surface area contributed by atoms with Gasteiger partial charge in [-0.3, -0.25) is 0 Å². The van der Waals surface area contributed by atoms with Gasteiger partial charge in [-0.05, 0) is 12.5 Å². The Kier molecular flexibility index (Phi) is 2.53. The topological polar surface area (TPSA) is 69.0 Å². The zero-order chi connectivity index (χ0) is 13.5. The first kappa shape index (κ1) is 11.5. The third-order valence-electron chi connectivity index (χ3n) is 3.84. The highest BCUT2D eigenvalue weighted by Gasteiger charge is 2.21. The van der Waals surface area contributed by atoms with Crippen molar-refractivity contribution in [2.75, 3.05) is 11.9 Å². The lowest BCUT2D eigenvalue weighted by Crippen LogP contribution is -2.19. The van der Waals surface area contributed by atoms with Gasteiger partial charge in [0.05, 0.1) is 11.4 Å². The number of furan rings is 1. The Morgan fingerprint density at radius 3 is 3.15 bits per heavy atom. The van der Waals surface area contributed by atoms with Crippen LogP contribution in [0.4, 0.5) is 5.95 Å². The van der Waals surface area contributed by atoms with E-state index in [9.17, 15) is 0 Å². The van der Waals surface area contributed by atoms with Crippen LogP contribution in [0.3, 0.4) is 0 Å². The summed E-state index contributed by atoms with van der Waals surface area (Å²) in [5.41, 5.74) is 9.85. The monoisotopic (exact) mass is 268 g/mol. The molecular weight excluding hydrogens is 252 g/mol. The molecule has 1 aliphatic rings. The summed E-state index contributed by atoms with van der Waals surface area (Å²) in [7, 11) is 0. The predicted molar refractivity (Wildman–Crippen MR) is 78.4 cm³/mol. The molecule has 0 bridgehead atoms. The number of fused-ring (bicyclic) bond motifs is 2. The molecule has 3 heterocycles. The molecular formula is C15H16N4O. The van der Waals surface area contributed by atoms with Crippen molar-refractivity contribution in [1.29, 1.82) is 0 Å². The van der Waals surface area contributed by atoms with Crippen LogP contribution in [0.25, 0.3) is 22.2 Å². The van der Waals surface area contributed by atoms with E-state index in [-0.39, 0.29) is 0 Å². The highest BCUT2D eigenvalue weighted by Crippen LogP contribution is 2.34. The molecule has 102 valence electrons. The van der Waals surface area contributed by atoms with Crippen LogP contribution in [0.15, 0.2) is 34.9 Å². The summed E-state index contributed by atoms with van der Waals surface area (Å²) in [6.45, 7) is 2.41. The predicted octanol–water partition coefficient (Wildman–Crippen LogP) is 2.57. The molecule has 5 heteroatoms. The highest BCUT2D eigenvalue weighted by atomic mass is 16.3. The van der Waals surface area contributed by atoms with Gasteiger partial charge in [-0.2, -0.15) is 0 Å². The van der Waals surface area contributed by atoms with Crippen molar-refractivity contribution in [3.8, 4) is 11.3 Å². The first-order valence-corrected chi connectivity index (χ1v) is 6.88. The number of hydrogen-bond acceptors (Lipinski definition) is 4. The quantitative estimate of drug-likeness (QED) is 0.749. The molecule has 1 aromatic carbocycles. The summed E-state index contributed by atoms with van der Waals surface area (Å²) in [5.74, 6) is 0.914. The molecule has 0 radical (unpaired) electrons. The Hall–Kier alpha value is -2.27. The molecule has 0 spiro atoms. The molecule has 0 aliphatic carbocycles. The maximum atomic E-state index is 5.95. The minimum Gasteiger partial charge on any atom is -0.464 e. The molecule has 0 saturated heterocycles. The zero-order valence-electron chi connectivity index (χ0n) is 11.1. The molecule has 0 fully saturated rings. The maximum Gasteiger partial charge on any atom is 0.203 e. The van der Waals surface area contributed by atoms with E-state index >= 15 is 0 Å². The largest absolute Gasteiger partial charge is 0.464 e. The number of anilines is 1.